The summed E-state index contributed by atoms with van der Waals surface area (Å²) in [5.41, 5.74) is 11.5. The highest BCUT2D eigenvalue weighted by molar-refractivity contribution is 5.85. The number of fused-ring (bicyclic) bond motifs is 3. The number of benzene rings is 2. The fourth-order valence-electron chi connectivity index (χ4n) is 4.38. The van der Waals surface area contributed by atoms with Crippen LogP contribution in [-0.2, 0) is 23.2 Å². The van der Waals surface area contributed by atoms with Gasteiger partial charge in [-0.2, -0.15) is 0 Å². The molecular weight excluding hydrogens is 320 g/mol. The standard InChI is InChI=1S/C23H28N2O/c1-2-3-14-23(21(24)16-17-9-5-4-6-10-17)22-19(13-15-26-23)18-11-7-8-12-20(18)25-22/h4-12,21,25H,2-3,13-16,24H2,1H3. The summed E-state index contributed by atoms with van der Waals surface area (Å²) < 4.78 is 6.50. The molecule has 136 valence electrons. The number of H-pyrrole nitrogens is 1. The Morgan fingerprint density at radius 2 is 1.88 bits per heavy atom. The molecule has 0 fully saturated rings. The zero-order chi connectivity index (χ0) is 18.0. The van der Waals surface area contributed by atoms with Crippen LogP contribution in [0.15, 0.2) is 54.6 Å². The molecule has 3 N–H and O–H groups in total. The molecule has 3 aromatic rings. The molecule has 0 saturated carbocycles. The molecule has 2 aromatic carbocycles. The molecule has 0 aliphatic carbocycles. The highest BCUT2D eigenvalue weighted by atomic mass is 16.5. The third-order valence-corrected chi connectivity index (χ3v) is 5.75. The fourth-order valence-corrected chi connectivity index (χ4v) is 4.38. The van der Waals surface area contributed by atoms with E-state index < -0.39 is 5.60 Å². The van der Waals surface area contributed by atoms with Crippen LogP contribution in [0.5, 0.6) is 0 Å². The summed E-state index contributed by atoms with van der Waals surface area (Å²) in [7, 11) is 0. The van der Waals surface area contributed by atoms with Crippen LogP contribution in [0.25, 0.3) is 10.9 Å². The van der Waals surface area contributed by atoms with Crippen molar-refractivity contribution < 1.29 is 4.74 Å². The first-order valence-corrected chi connectivity index (χ1v) is 9.78. The molecule has 0 saturated heterocycles. The molecule has 0 bridgehead atoms. The number of ether oxygens (including phenoxy) is 1. The average Bonchev–Trinajstić information content (AvgIpc) is 3.07. The van der Waals surface area contributed by atoms with Crippen molar-refractivity contribution in [1.82, 2.24) is 4.98 Å². The Morgan fingerprint density at radius 1 is 1.12 bits per heavy atom. The summed E-state index contributed by atoms with van der Waals surface area (Å²) in [6.45, 7) is 2.96. The molecule has 0 amide bonds. The van der Waals surface area contributed by atoms with Gasteiger partial charge in [0, 0.05) is 16.9 Å². The SMILES string of the molecule is CCCCC1(C(N)Cc2ccccc2)OCCc2c1[nH]c1ccccc21. The topological polar surface area (TPSA) is 51.0 Å². The molecule has 4 rings (SSSR count). The van der Waals surface area contributed by atoms with Crippen molar-refractivity contribution in [2.45, 2.75) is 50.7 Å². The molecule has 3 heteroatoms. The van der Waals surface area contributed by atoms with Crippen LogP contribution in [0, 0.1) is 0 Å². The third-order valence-electron chi connectivity index (χ3n) is 5.75. The fraction of sp³-hybridized carbons (Fsp3) is 0.391. The molecule has 2 unspecified atom stereocenters. The Bertz CT molecular complexity index is 870. The lowest BCUT2D eigenvalue weighted by Gasteiger charge is -2.42. The quantitative estimate of drug-likeness (QED) is 0.678. The number of aromatic amines is 1. The number of nitrogens with one attached hydrogen (secondary N) is 1. The number of rotatable bonds is 6. The minimum Gasteiger partial charge on any atom is -0.367 e. The lowest BCUT2D eigenvalue weighted by Crippen LogP contribution is -2.51. The maximum Gasteiger partial charge on any atom is 0.123 e. The van der Waals surface area contributed by atoms with Crippen molar-refractivity contribution >= 4 is 10.9 Å². The van der Waals surface area contributed by atoms with E-state index in [0.29, 0.717) is 0 Å². The van der Waals surface area contributed by atoms with Gasteiger partial charge in [-0.25, -0.2) is 0 Å². The Kier molecular flexibility index (Phi) is 4.84. The summed E-state index contributed by atoms with van der Waals surface area (Å²) >= 11 is 0. The first kappa shape index (κ1) is 17.3. The molecule has 1 aliphatic rings. The van der Waals surface area contributed by atoms with Gasteiger partial charge in [-0.1, -0.05) is 68.3 Å². The van der Waals surface area contributed by atoms with Crippen LogP contribution in [-0.4, -0.2) is 17.6 Å². The third kappa shape index (κ3) is 2.95. The van der Waals surface area contributed by atoms with Gasteiger partial charge in [-0.15, -0.1) is 0 Å². The minimum absolute atomic E-state index is 0.0800. The number of hydrogen-bond acceptors (Lipinski definition) is 2. The number of hydrogen-bond donors (Lipinski definition) is 2. The minimum atomic E-state index is -0.432. The summed E-state index contributed by atoms with van der Waals surface area (Å²) in [4.78, 5) is 3.68. The van der Waals surface area contributed by atoms with Gasteiger partial charge >= 0.3 is 0 Å². The van der Waals surface area contributed by atoms with Crippen LogP contribution < -0.4 is 5.73 Å². The molecule has 2 atom stereocenters. The van der Waals surface area contributed by atoms with Crippen molar-refractivity contribution in [2.75, 3.05) is 6.61 Å². The van der Waals surface area contributed by atoms with Crippen molar-refractivity contribution in [3.05, 3.63) is 71.4 Å². The van der Waals surface area contributed by atoms with E-state index in [2.05, 4.69) is 66.5 Å². The van der Waals surface area contributed by atoms with E-state index in [4.69, 9.17) is 10.5 Å². The number of unbranched alkanes of at least 4 members (excludes halogenated alkanes) is 1. The van der Waals surface area contributed by atoms with Crippen LogP contribution >= 0.6 is 0 Å². The van der Waals surface area contributed by atoms with Crippen LogP contribution in [0.3, 0.4) is 0 Å². The molecule has 26 heavy (non-hydrogen) atoms. The molecule has 1 aliphatic heterocycles. The van der Waals surface area contributed by atoms with E-state index in [1.165, 1.54) is 27.7 Å². The molecule has 3 nitrogen and oxygen atoms in total. The Labute approximate surface area is 155 Å². The molecule has 0 spiro atoms. The van der Waals surface area contributed by atoms with Crippen molar-refractivity contribution in [2.24, 2.45) is 5.73 Å². The highest BCUT2D eigenvalue weighted by Gasteiger charge is 2.44. The van der Waals surface area contributed by atoms with E-state index >= 15 is 0 Å². The van der Waals surface area contributed by atoms with Gasteiger partial charge in [0.15, 0.2) is 0 Å². The largest absolute Gasteiger partial charge is 0.367 e. The monoisotopic (exact) mass is 348 g/mol. The number of aromatic nitrogens is 1. The van der Waals surface area contributed by atoms with Crippen LogP contribution in [0.2, 0.25) is 0 Å². The summed E-state index contributed by atoms with van der Waals surface area (Å²) in [5.74, 6) is 0. The van der Waals surface area contributed by atoms with Crippen LogP contribution in [0.1, 0.15) is 43.0 Å². The Hall–Kier alpha value is -2.10. The van der Waals surface area contributed by atoms with E-state index in [1.54, 1.807) is 0 Å². The maximum absolute atomic E-state index is 6.85. The van der Waals surface area contributed by atoms with Gasteiger partial charge in [-0.05, 0) is 36.5 Å². The second-order valence-corrected chi connectivity index (χ2v) is 7.41. The lowest BCUT2D eigenvalue weighted by molar-refractivity contribution is -0.0881. The van der Waals surface area contributed by atoms with Gasteiger partial charge in [-0.3, -0.25) is 0 Å². The predicted octanol–water partition coefficient (Wildman–Crippen LogP) is 4.70. The summed E-state index contributed by atoms with van der Waals surface area (Å²) in [5, 5.41) is 1.32. The maximum atomic E-state index is 6.85. The predicted molar refractivity (Wildman–Crippen MR) is 107 cm³/mol. The smallest absolute Gasteiger partial charge is 0.123 e. The number of nitrogens with two attached hydrogens (primary N) is 1. The van der Waals surface area contributed by atoms with Gasteiger partial charge in [0.2, 0.25) is 0 Å². The molecule has 2 heterocycles. The van der Waals surface area contributed by atoms with E-state index in [-0.39, 0.29) is 6.04 Å². The van der Waals surface area contributed by atoms with Gasteiger partial charge in [0.25, 0.3) is 0 Å². The first-order chi connectivity index (χ1) is 12.7. The van der Waals surface area contributed by atoms with E-state index in [9.17, 15) is 0 Å². The average molecular weight is 348 g/mol. The highest BCUT2D eigenvalue weighted by Crippen LogP contribution is 2.42. The van der Waals surface area contributed by atoms with Gasteiger partial charge in [0.1, 0.15) is 5.60 Å². The molecular formula is C23H28N2O. The Morgan fingerprint density at radius 3 is 2.69 bits per heavy atom. The van der Waals surface area contributed by atoms with Crippen molar-refractivity contribution in [1.29, 1.82) is 0 Å². The summed E-state index contributed by atoms with van der Waals surface area (Å²) in [6, 6.07) is 19.0. The van der Waals surface area contributed by atoms with Crippen molar-refractivity contribution in [3.8, 4) is 0 Å². The normalized spacial score (nSPS) is 20.8. The van der Waals surface area contributed by atoms with E-state index in [0.717, 1.165) is 38.7 Å². The Balaban J connectivity index is 1.78. The zero-order valence-electron chi connectivity index (χ0n) is 15.5. The second kappa shape index (κ2) is 7.26. The van der Waals surface area contributed by atoms with Gasteiger partial charge in [0.05, 0.1) is 12.3 Å². The lowest BCUT2D eigenvalue weighted by atomic mass is 9.79. The van der Waals surface area contributed by atoms with Crippen molar-refractivity contribution in [3.63, 3.8) is 0 Å². The van der Waals surface area contributed by atoms with Crippen LogP contribution in [0.4, 0.5) is 0 Å². The second-order valence-electron chi connectivity index (χ2n) is 7.41. The first-order valence-electron chi connectivity index (χ1n) is 9.78. The number of para-hydroxylation sites is 1. The zero-order valence-corrected chi connectivity index (χ0v) is 15.5. The van der Waals surface area contributed by atoms with Gasteiger partial charge < -0.3 is 15.5 Å². The summed E-state index contributed by atoms with van der Waals surface area (Å²) in [6.07, 6.45) is 4.97. The van der Waals surface area contributed by atoms with E-state index in [1.807, 2.05) is 0 Å². The molecule has 1 aromatic heterocycles. The molecule has 0 radical (unpaired) electrons.